The molecule has 0 saturated heterocycles. The highest BCUT2D eigenvalue weighted by Gasteiger charge is 2.40. The van der Waals surface area contributed by atoms with Crippen LogP contribution >= 0.6 is 0 Å². The van der Waals surface area contributed by atoms with Crippen molar-refractivity contribution in [2.75, 3.05) is 40.3 Å². The Kier molecular flexibility index (Phi) is 24.7. The molecule has 41 nitrogen and oxygen atoms in total. The maximum Gasteiger partial charge on any atom is 0.336 e. The summed E-state index contributed by atoms with van der Waals surface area (Å²) in [5.41, 5.74) is -3.38. The van der Waals surface area contributed by atoms with E-state index in [1.54, 1.807) is 5.32 Å². The second-order valence-electron chi connectivity index (χ2n) is 16.3. The number of carboxylic acids is 2. The van der Waals surface area contributed by atoms with Crippen molar-refractivity contribution in [2.24, 2.45) is 0 Å². The fourth-order valence-electron chi connectivity index (χ4n) is 6.16. The van der Waals surface area contributed by atoms with Gasteiger partial charge < -0.3 is 47.4 Å². The highest BCUT2D eigenvalue weighted by atomic mass is 32.2. The third-order valence-electron chi connectivity index (χ3n) is 9.43. The van der Waals surface area contributed by atoms with Gasteiger partial charge in [-0.1, -0.05) is 0 Å². The minimum absolute atomic E-state index is 0.402. The van der Waals surface area contributed by atoms with Crippen LogP contribution < -0.4 is 37.2 Å². The number of rotatable bonds is 32. The van der Waals surface area contributed by atoms with Gasteiger partial charge in [-0.05, 0) is 26.0 Å². The van der Waals surface area contributed by atoms with Crippen molar-refractivity contribution in [1.82, 2.24) is 37.2 Å². The Bertz CT molecular complexity index is 3570. The Morgan fingerprint density at radius 2 is 0.506 bits per heavy atom. The molecule has 1 unspecified atom stereocenters. The number of carbonyl (C=O) groups excluding carboxylic acids is 9. The van der Waals surface area contributed by atoms with Crippen LogP contribution in [0.3, 0.4) is 0 Å². The van der Waals surface area contributed by atoms with E-state index in [2.05, 4.69) is 0 Å². The Hall–Kier alpha value is -6.84. The first-order valence-electron chi connectivity index (χ1n) is 20.6. The fourth-order valence-corrected chi connectivity index (χ4v) is 10.7. The van der Waals surface area contributed by atoms with Crippen molar-refractivity contribution >= 4 is 136 Å². The maximum atomic E-state index is 13.6. The van der Waals surface area contributed by atoms with E-state index in [-0.39, 0.29) is 0 Å². The van der Waals surface area contributed by atoms with Crippen LogP contribution in [0.4, 0.5) is 0 Å². The normalized spacial score (nSPS) is 15.1. The predicted molar refractivity (Wildman–Crippen MR) is 259 cm³/mol. The lowest BCUT2D eigenvalue weighted by Gasteiger charge is -2.26. The van der Waals surface area contributed by atoms with E-state index >= 15 is 0 Å². The number of benzene rings is 1. The van der Waals surface area contributed by atoms with Gasteiger partial charge in [-0.3, -0.25) is 75.0 Å². The molecule has 1 rings (SSSR count). The lowest BCUT2D eigenvalue weighted by atomic mass is 9.94. The molecule has 0 spiro atoms. The van der Waals surface area contributed by atoms with E-state index in [1.165, 1.54) is 31.9 Å². The summed E-state index contributed by atoms with van der Waals surface area (Å²) in [5.74, 6) is -35.7. The van der Waals surface area contributed by atoms with Crippen LogP contribution in [-0.2, 0) is 104 Å². The van der Waals surface area contributed by atoms with Gasteiger partial charge in [0.2, 0.25) is 35.4 Å². The summed E-state index contributed by atoms with van der Waals surface area (Å²) in [6.45, 7) is 1.61. The molecule has 0 fully saturated rings. The van der Waals surface area contributed by atoms with Gasteiger partial charge in [0.15, 0.2) is 11.6 Å². The van der Waals surface area contributed by atoms with E-state index < -0.39 is 240 Å². The average Bonchev–Trinajstić information content (AvgIpc) is 3.23. The lowest BCUT2D eigenvalue weighted by molar-refractivity contribution is -0.141. The number of nitrogens with one attached hydrogen (secondary N) is 7. The van der Waals surface area contributed by atoms with E-state index in [0.29, 0.717) is 12.1 Å². The number of carbonyl (C=O) groups is 11. The lowest BCUT2D eigenvalue weighted by Crippen LogP contribution is -2.63. The van der Waals surface area contributed by atoms with Gasteiger partial charge >= 0.3 is 11.9 Å². The van der Waals surface area contributed by atoms with E-state index in [4.69, 9.17) is 4.55 Å². The molecule has 16 N–H and O–H groups in total. The van der Waals surface area contributed by atoms with Gasteiger partial charge in [-0.15, -0.1) is 0 Å². The summed E-state index contributed by atoms with van der Waals surface area (Å²) in [6.07, 6.45) is 0. The number of amides is 7. The molecular formula is C33H45N7O34S7. The number of ketones is 2. The van der Waals surface area contributed by atoms with Crippen LogP contribution in [0.25, 0.3) is 0 Å². The summed E-state index contributed by atoms with van der Waals surface area (Å²) in [5, 5.41) is 28.4. The fraction of sp³-hybridized carbons (Fsp3) is 0.485. The van der Waals surface area contributed by atoms with E-state index in [1.807, 2.05) is 0 Å². The van der Waals surface area contributed by atoms with Gasteiger partial charge in [0, 0.05) is 11.1 Å². The predicted octanol–water partition coefficient (Wildman–Crippen LogP) is -9.90. The molecule has 7 atom stereocenters. The molecule has 1 aromatic rings. The number of hydrogen-bond donors (Lipinski definition) is 16. The Morgan fingerprint density at radius 1 is 0.321 bits per heavy atom. The van der Waals surface area contributed by atoms with Crippen molar-refractivity contribution < 1.29 is 154 Å². The number of aromatic carboxylic acids is 1. The standard InChI is InChI=1S/C33H45N7O34S7/c1-12(41)14-3-15(13(2)42)17(32(50)51)4-16(14)25(43)34-18(5-75(54,55)56)26(44)35-19(6-76(57,58)59)27(45)36-20(7-77(60,61)62)28(46)37-21(8-78(63,64)65)29(47)38-22(9-79(66,67)68)30(48)39-23(10-80(69,70)71)31(49)40-24(33(52)53)11-81(72,73)74/h3-4,18-24H,5-11H2,1-2H3,(H,34,43)(H,35,44)(H,36,45)(H,37,46)(H,38,47)(H,39,48)(H,40,49)(H,50,51)(H,52,53)(H,54,55,56)(H,57,58,59)(H,60,61,62)(H,63,64,65)(H,66,67,68)(H,69,70,71)(H,72,73,74)/t18?,19-,20-,21-,22-,23-,24-/m1/s1. The zero-order valence-electron chi connectivity index (χ0n) is 40.2. The van der Waals surface area contributed by atoms with Crippen molar-refractivity contribution in [3.8, 4) is 0 Å². The van der Waals surface area contributed by atoms with Gasteiger partial charge in [-0.25, -0.2) is 9.59 Å². The molecule has 0 saturated carbocycles. The Balaban J connectivity index is 3.87. The highest BCUT2D eigenvalue weighted by molar-refractivity contribution is 7.87. The molecule has 1 aromatic carbocycles. The zero-order chi connectivity index (χ0) is 63.5. The quantitative estimate of drug-likeness (QED) is 0.0235. The Morgan fingerprint density at radius 3 is 0.704 bits per heavy atom. The third-order valence-corrected chi connectivity index (χ3v) is 14.7. The smallest absolute Gasteiger partial charge is 0.336 e. The number of hydrogen-bond acceptors (Lipinski definition) is 25. The van der Waals surface area contributed by atoms with Crippen molar-refractivity contribution in [2.45, 2.75) is 56.1 Å². The molecule has 7 amide bonds. The summed E-state index contributed by atoms with van der Waals surface area (Å²) in [6, 6.07) is -19.6. The first-order chi connectivity index (χ1) is 36.2. The van der Waals surface area contributed by atoms with Crippen molar-refractivity contribution in [3.63, 3.8) is 0 Å². The van der Waals surface area contributed by atoms with Crippen LogP contribution in [0.15, 0.2) is 12.1 Å². The topological polar surface area (TPSA) is 693 Å². The SMILES string of the molecule is CC(=O)c1cc(C(C)=O)c(C(=O)NC(CS(=O)(=O)O)C(=O)N[C@H](CS(=O)(=O)O)C(=O)N[C@H](CS(=O)(=O)O)C(=O)N[C@H](CS(=O)(=O)O)C(=O)N[C@H](CS(=O)(=O)O)C(=O)N[C@H](CS(=O)(=O)O)C(=O)N[C@H](CS(=O)(=O)O)C(=O)O)cc1C(=O)O. The number of aliphatic carboxylic acids is 1. The molecule has 0 aliphatic carbocycles. The highest BCUT2D eigenvalue weighted by Crippen LogP contribution is 2.20. The minimum atomic E-state index is -5.73. The molecule has 458 valence electrons. The van der Waals surface area contributed by atoms with Crippen molar-refractivity contribution in [1.29, 1.82) is 0 Å². The van der Waals surface area contributed by atoms with Crippen LogP contribution in [0.2, 0.25) is 0 Å². The molecule has 0 aromatic heterocycles. The van der Waals surface area contributed by atoms with Gasteiger partial charge in [0.25, 0.3) is 76.7 Å². The minimum Gasteiger partial charge on any atom is -0.480 e. The van der Waals surface area contributed by atoms with Crippen molar-refractivity contribution in [3.05, 3.63) is 34.4 Å². The molecule has 0 radical (unpaired) electrons. The first-order valence-corrected chi connectivity index (χ1v) is 31.9. The summed E-state index contributed by atoms with van der Waals surface area (Å²) >= 11 is 0. The molecule has 0 heterocycles. The maximum absolute atomic E-state index is 13.6. The molecule has 0 aliphatic heterocycles. The molecule has 0 aliphatic rings. The first kappa shape index (κ1) is 72.2. The van der Waals surface area contributed by atoms with Crippen LogP contribution in [0, 0.1) is 0 Å². The summed E-state index contributed by atoms with van der Waals surface area (Å²) in [7, 11) is -39.2. The third kappa shape index (κ3) is 27.5. The monoisotopic (exact) mass is 1310 g/mol. The van der Waals surface area contributed by atoms with Crippen LogP contribution in [0.5, 0.6) is 0 Å². The van der Waals surface area contributed by atoms with Crippen LogP contribution in [-0.4, -0.2) is 248 Å². The second kappa shape index (κ2) is 27.8. The van der Waals surface area contributed by atoms with E-state index in [0.717, 1.165) is 13.8 Å². The second-order valence-corrected chi connectivity index (χ2v) is 26.8. The largest absolute Gasteiger partial charge is 0.480 e. The van der Waals surface area contributed by atoms with Gasteiger partial charge in [-0.2, -0.15) is 58.9 Å². The summed E-state index contributed by atoms with van der Waals surface area (Å²) in [4.78, 5) is 142. The molecule has 48 heteroatoms. The molecular weight excluding hydrogens is 1260 g/mol. The molecule has 0 bridgehead atoms. The molecule has 81 heavy (non-hydrogen) atoms. The van der Waals surface area contributed by atoms with Gasteiger partial charge in [0.05, 0.1) is 11.1 Å². The van der Waals surface area contributed by atoms with E-state index in [9.17, 15) is 149 Å². The Labute approximate surface area is 455 Å². The zero-order valence-corrected chi connectivity index (χ0v) is 46.0. The summed E-state index contributed by atoms with van der Waals surface area (Å²) < 4.78 is 232. The average molecular weight is 1310 g/mol. The van der Waals surface area contributed by atoms with Crippen LogP contribution in [0.1, 0.15) is 55.3 Å². The number of carboxylic acid groups (broad SMARTS) is 2. The number of Topliss-reactive ketones (excluding diaryl/α,β-unsaturated/α-hetero) is 2. The van der Waals surface area contributed by atoms with Gasteiger partial charge in [0.1, 0.15) is 82.6 Å².